The van der Waals surface area contributed by atoms with Gasteiger partial charge in [0.25, 0.3) is 0 Å². The number of hydrogen-bond donors (Lipinski definition) is 0. The Morgan fingerprint density at radius 3 is 0.938 bits per heavy atom. The van der Waals surface area contributed by atoms with Crippen LogP contribution in [-0.4, -0.2) is 25.0 Å². The van der Waals surface area contributed by atoms with Gasteiger partial charge in [0.05, 0.1) is 0 Å². The van der Waals surface area contributed by atoms with Gasteiger partial charge in [-0.15, -0.1) is 0 Å². The molecule has 0 bridgehead atoms. The van der Waals surface area contributed by atoms with Crippen LogP contribution in [-0.2, 0) is 19.7 Å². The van der Waals surface area contributed by atoms with Gasteiger partial charge in [0.15, 0.2) is 27.8 Å². The highest BCUT2D eigenvalue weighted by Crippen LogP contribution is 2.58. The highest BCUT2D eigenvalue weighted by atomic mass is 32.3. The lowest BCUT2D eigenvalue weighted by Crippen LogP contribution is -2.73. The van der Waals surface area contributed by atoms with Gasteiger partial charge >= 0.3 is 0 Å². The molecule has 0 amide bonds. The fraction of sp³-hybridized carbons (Fsp3) is 1.00. The molecule has 0 aromatic heterocycles. The lowest BCUT2D eigenvalue weighted by Gasteiger charge is -2.53. The first-order chi connectivity index (χ1) is 7.24. The van der Waals surface area contributed by atoms with Crippen LogP contribution in [0.3, 0.4) is 0 Å². The molecule has 1 fully saturated rings. The SMILES string of the molecule is CCC1(CC)S(=O)(=O)C(CC)(CC)S1(=O)=O. The van der Waals surface area contributed by atoms with Crippen LogP contribution in [0.4, 0.5) is 0 Å². The first-order valence-corrected chi connectivity index (χ1v) is 8.69. The Kier molecular flexibility index (Phi) is 3.23. The molecular weight excluding hydrogens is 248 g/mol. The number of sulfone groups is 2. The van der Waals surface area contributed by atoms with Crippen molar-refractivity contribution in [3.05, 3.63) is 0 Å². The van der Waals surface area contributed by atoms with Crippen LogP contribution in [0.15, 0.2) is 0 Å². The average molecular weight is 268 g/mol. The summed E-state index contributed by atoms with van der Waals surface area (Å²) in [6, 6.07) is 0. The molecule has 0 aromatic carbocycles. The van der Waals surface area contributed by atoms with Gasteiger partial charge < -0.3 is 0 Å². The zero-order chi connectivity index (χ0) is 12.8. The van der Waals surface area contributed by atoms with E-state index in [2.05, 4.69) is 0 Å². The second-order valence-electron chi connectivity index (χ2n) is 4.24. The molecule has 0 unspecified atom stereocenters. The summed E-state index contributed by atoms with van der Waals surface area (Å²) in [6.45, 7) is 6.53. The van der Waals surface area contributed by atoms with Crippen LogP contribution in [0.5, 0.6) is 0 Å². The Morgan fingerprint density at radius 2 is 0.812 bits per heavy atom. The maximum absolute atomic E-state index is 12.4. The van der Waals surface area contributed by atoms with Crippen LogP contribution in [0, 0.1) is 0 Å². The quantitative estimate of drug-likeness (QED) is 0.780. The normalized spacial score (nSPS) is 28.2. The van der Waals surface area contributed by atoms with Crippen LogP contribution in [0.1, 0.15) is 53.4 Å². The summed E-state index contributed by atoms with van der Waals surface area (Å²) in [5, 5.41) is 0. The molecule has 0 atom stereocenters. The highest BCUT2D eigenvalue weighted by Gasteiger charge is 2.78. The third-order valence-corrected chi connectivity index (χ3v) is 13.0. The van der Waals surface area contributed by atoms with Gasteiger partial charge in [-0.25, -0.2) is 16.8 Å². The monoisotopic (exact) mass is 268 g/mol. The summed E-state index contributed by atoms with van der Waals surface area (Å²) in [5.74, 6) is 0. The summed E-state index contributed by atoms with van der Waals surface area (Å²) in [5.41, 5.74) is 0. The van der Waals surface area contributed by atoms with E-state index in [1.807, 2.05) is 0 Å². The van der Waals surface area contributed by atoms with Crippen molar-refractivity contribution in [3.63, 3.8) is 0 Å². The van der Waals surface area contributed by atoms with Gasteiger partial charge in [-0.2, -0.15) is 0 Å². The first-order valence-electron chi connectivity index (χ1n) is 5.73. The molecule has 0 radical (unpaired) electrons. The van der Waals surface area contributed by atoms with Crippen LogP contribution in [0.2, 0.25) is 0 Å². The van der Waals surface area contributed by atoms with Gasteiger partial charge in [0.2, 0.25) is 0 Å². The Balaban J connectivity index is 3.59. The van der Waals surface area contributed by atoms with Crippen molar-refractivity contribution < 1.29 is 16.8 Å². The number of rotatable bonds is 4. The van der Waals surface area contributed by atoms with E-state index in [9.17, 15) is 16.8 Å². The molecule has 0 spiro atoms. The van der Waals surface area contributed by atoms with E-state index < -0.39 is 27.8 Å². The van der Waals surface area contributed by atoms with E-state index in [0.717, 1.165) is 0 Å². The van der Waals surface area contributed by atoms with Crippen LogP contribution < -0.4 is 0 Å². The van der Waals surface area contributed by atoms with Gasteiger partial charge in [0, 0.05) is 0 Å². The fourth-order valence-corrected chi connectivity index (χ4v) is 11.0. The van der Waals surface area contributed by atoms with Crippen molar-refractivity contribution in [1.82, 2.24) is 0 Å². The molecular formula is C10H20O4S2. The molecule has 1 saturated heterocycles. The maximum atomic E-state index is 12.4. The van der Waals surface area contributed by atoms with Gasteiger partial charge in [-0.05, 0) is 25.7 Å². The third-order valence-electron chi connectivity index (χ3n) is 4.11. The van der Waals surface area contributed by atoms with Crippen LogP contribution >= 0.6 is 0 Å². The van der Waals surface area contributed by atoms with Crippen LogP contribution in [0.25, 0.3) is 0 Å². The van der Waals surface area contributed by atoms with E-state index in [4.69, 9.17) is 0 Å². The molecule has 16 heavy (non-hydrogen) atoms. The van der Waals surface area contributed by atoms with Crippen molar-refractivity contribution in [2.24, 2.45) is 0 Å². The Bertz CT molecular complexity index is 395. The largest absolute Gasteiger partial charge is 0.226 e. The van der Waals surface area contributed by atoms with Crippen molar-refractivity contribution in [3.8, 4) is 0 Å². The maximum Gasteiger partial charge on any atom is 0.190 e. The van der Waals surface area contributed by atoms with E-state index in [1.54, 1.807) is 27.7 Å². The van der Waals surface area contributed by atoms with E-state index in [-0.39, 0.29) is 25.7 Å². The Labute approximate surface area is 98.3 Å². The molecule has 4 nitrogen and oxygen atoms in total. The molecule has 1 aliphatic heterocycles. The van der Waals surface area contributed by atoms with Crippen molar-refractivity contribution in [2.75, 3.05) is 0 Å². The lowest BCUT2D eigenvalue weighted by molar-refractivity contribution is 0.445. The zero-order valence-electron chi connectivity index (χ0n) is 10.3. The summed E-state index contributed by atoms with van der Waals surface area (Å²) in [7, 11) is -7.16. The van der Waals surface area contributed by atoms with Gasteiger partial charge in [-0.1, -0.05) is 27.7 Å². The summed E-state index contributed by atoms with van der Waals surface area (Å²) in [4.78, 5) is 0. The first kappa shape index (κ1) is 14.0. The van der Waals surface area contributed by atoms with Gasteiger partial charge in [-0.3, -0.25) is 0 Å². The number of hydrogen-bond acceptors (Lipinski definition) is 4. The predicted octanol–water partition coefficient (Wildman–Crippen LogP) is 1.86. The standard InChI is InChI=1S/C10H20O4S2/c1-5-9(6-2)15(11,12)10(7-3,8-4)16(9,13)14/h5-8H2,1-4H3. The molecule has 0 N–H and O–H groups in total. The van der Waals surface area contributed by atoms with E-state index in [1.165, 1.54) is 0 Å². The topological polar surface area (TPSA) is 68.3 Å². The molecule has 1 rings (SSSR count). The predicted molar refractivity (Wildman–Crippen MR) is 64.5 cm³/mol. The van der Waals surface area contributed by atoms with Gasteiger partial charge in [0.1, 0.15) is 0 Å². The lowest BCUT2D eigenvalue weighted by atomic mass is 10.2. The Morgan fingerprint density at radius 1 is 0.625 bits per heavy atom. The van der Waals surface area contributed by atoms with E-state index >= 15 is 0 Å². The smallest absolute Gasteiger partial charge is 0.190 e. The molecule has 6 heteroatoms. The molecule has 96 valence electrons. The second-order valence-corrected chi connectivity index (χ2v) is 9.90. The van der Waals surface area contributed by atoms with E-state index in [0.29, 0.717) is 0 Å². The Hall–Kier alpha value is -0.100. The molecule has 0 aliphatic carbocycles. The van der Waals surface area contributed by atoms with Crippen molar-refractivity contribution in [1.29, 1.82) is 0 Å². The molecule has 1 heterocycles. The zero-order valence-corrected chi connectivity index (χ0v) is 11.9. The third kappa shape index (κ3) is 1.01. The minimum Gasteiger partial charge on any atom is -0.226 e. The minimum atomic E-state index is -3.58. The second kappa shape index (κ2) is 3.70. The molecule has 0 saturated carbocycles. The fourth-order valence-electron chi connectivity index (χ4n) is 2.95. The minimum absolute atomic E-state index is 0.149. The molecule has 1 aliphatic rings. The highest BCUT2D eigenvalue weighted by molar-refractivity contribution is 8.27. The van der Waals surface area contributed by atoms with Crippen molar-refractivity contribution in [2.45, 2.75) is 61.5 Å². The summed E-state index contributed by atoms with van der Waals surface area (Å²) >= 11 is 0. The van der Waals surface area contributed by atoms with Crippen molar-refractivity contribution >= 4 is 19.7 Å². The average Bonchev–Trinajstić information content (AvgIpc) is 2.20. The summed E-state index contributed by atoms with van der Waals surface area (Å²) < 4.78 is 46.4. The molecule has 0 aromatic rings. The summed E-state index contributed by atoms with van der Waals surface area (Å²) in [6.07, 6.45) is 0.595.